The van der Waals surface area contributed by atoms with Gasteiger partial charge in [-0.15, -0.1) is 0 Å². The van der Waals surface area contributed by atoms with Gasteiger partial charge < -0.3 is 10.2 Å². The smallest absolute Gasteiger partial charge is 0.218 e. The highest BCUT2D eigenvalue weighted by molar-refractivity contribution is 9.09. The third-order valence-electron chi connectivity index (χ3n) is 2.09. The lowest BCUT2D eigenvalue weighted by Gasteiger charge is -2.17. The van der Waals surface area contributed by atoms with Crippen LogP contribution < -0.4 is 0 Å². The third kappa shape index (κ3) is 3.22. The zero-order valence-electron chi connectivity index (χ0n) is 8.32. The first kappa shape index (κ1) is 12.5. The lowest BCUT2D eigenvalue weighted by atomic mass is 10.0. The summed E-state index contributed by atoms with van der Waals surface area (Å²) in [4.78, 5) is 3.49. The Bertz CT molecular complexity index is 335. The summed E-state index contributed by atoms with van der Waals surface area (Å²) in [6.07, 6.45) is -0.478. The predicted molar refractivity (Wildman–Crippen MR) is 58.3 cm³/mol. The average Bonchev–Trinajstić information content (AvgIpc) is 2.21. The zero-order chi connectivity index (χ0) is 11.4. The molecule has 1 heterocycles. The van der Waals surface area contributed by atoms with Crippen molar-refractivity contribution in [1.82, 2.24) is 4.98 Å². The van der Waals surface area contributed by atoms with Crippen LogP contribution in [-0.4, -0.2) is 26.6 Å². The molecule has 1 aromatic rings. The molecule has 0 aliphatic rings. The van der Waals surface area contributed by atoms with E-state index in [4.69, 9.17) is 0 Å². The largest absolute Gasteiger partial charge is 0.390 e. The van der Waals surface area contributed by atoms with Gasteiger partial charge in [-0.2, -0.15) is 4.39 Å². The van der Waals surface area contributed by atoms with E-state index in [0.29, 0.717) is 11.8 Å². The Balaban J connectivity index is 2.89. The number of nitrogens with zero attached hydrogens (tertiary/aromatic N) is 1. The summed E-state index contributed by atoms with van der Waals surface area (Å²) < 4.78 is 13.2. The molecule has 0 amide bonds. The van der Waals surface area contributed by atoms with Crippen molar-refractivity contribution in [3.63, 3.8) is 0 Å². The fourth-order valence-electron chi connectivity index (χ4n) is 1.26. The number of aromatic nitrogens is 1. The number of halogens is 2. The lowest BCUT2D eigenvalue weighted by molar-refractivity contribution is 0.0148. The van der Waals surface area contributed by atoms with Gasteiger partial charge in [-0.1, -0.05) is 15.9 Å². The van der Waals surface area contributed by atoms with Crippen LogP contribution in [-0.2, 0) is 0 Å². The Morgan fingerprint density at radius 3 is 2.80 bits per heavy atom. The van der Waals surface area contributed by atoms with Gasteiger partial charge in [0, 0.05) is 17.1 Å². The molecule has 2 atom stereocenters. The zero-order valence-corrected chi connectivity index (χ0v) is 9.91. The van der Waals surface area contributed by atoms with E-state index in [1.165, 1.54) is 12.3 Å². The third-order valence-corrected chi connectivity index (χ3v) is 2.55. The van der Waals surface area contributed by atoms with Crippen molar-refractivity contribution in [2.45, 2.75) is 25.6 Å². The fourth-order valence-corrected chi connectivity index (χ4v) is 1.73. The second-order valence-electron chi connectivity index (χ2n) is 3.38. The highest BCUT2D eigenvalue weighted by Crippen LogP contribution is 2.22. The van der Waals surface area contributed by atoms with Crippen LogP contribution in [0.2, 0.25) is 0 Å². The van der Waals surface area contributed by atoms with Gasteiger partial charge in [0.25, 0.3) is 0 Å². The Morgan fingerprint density at radius 1 is 1.53 bits per heavy atom. The van der Waals surface area contributed by atoms with Gasteiger partial charge >= 0.3 is 0 Å². The van der Waals surface area contributed by atoms with Gasteiger partial charge in [0.05, 0.1) is 6.10 Å². The van der Waals surface area contributed by atoms with Gasteiger partial charge in [-0.3, -0.25) is 0 Å². The number of hydrogen-bond donors (Lipinski definition) is 2. The SMILES string of the molecule is Cc1cnc(F)c(C(O)C(O)CCBr)c1. The van der Waals surface area contributed by atoms with E-state index in [1.807, 2.05) is 0 Å². The van der Waals surface area contributed by atoms with Crippen LogP contribution in [0.15, 0.2) is 12.3 Å². The molecule has 0 fully saturated rings. The number of aliphatic hydroxyl groups is 2. The van der Waals surface area contributed by atoms with Gasteiger partial charge in [-0.25, -0.2) is 4.98 Å². The first-order chi connectivity index (χ1) is 7.06. The molecule has 0 saturated heterocycles. The van der Waals surface area contributed by atoms with E-state index in [9.17, 15) is 14.6 Å². The van der Waals surface area contributed by atoms with Crippen molar-refractivity contribution in [3.05, 3.63) is 29.3 Å². The van der Waals surface area contributed by atoms with Crippen molar-refractivity contribution < 1.29 is 14.6 Å². The molecule has 0 radical (unpaired) electrons. The maximum Gasteiger partial charge on any atom is 0.218 e. The molecule has 15 heavy (non-hydrogen) atoms. The molecular weight excluding hydrogens is 265 g/mol. The van der Waals surface area contributed by atoms with Gasteiger partial charge in [0.15, 0.2) is 0 Å². The summed E-state index contributed by atoms with van der Waals surface area (Å²) >= 11 is 3.14. The quantitative estimate of drug-likeness (QED) is 0.651. The van der Waals surface area contributed by atoms with Crippen molar-refractivity contribution in [2.75, 3.05) is 5.33 Å². The molecule has 5 heteroatoms. The van der Waals surface area contributed by atoms with Crippen molar-refractivity contribution in [1.29, 1.82) is 0 Å². The minimum atomic E-state index is -1.23. The summed E-state index contributed by atoms with van der Waals surface area (Å²) in [6.45, 7) is 1.75. The van der Waals surface area contributed by atoms with Crippen molar-refractivity contribution in [3.8, 4) is 0 Å². The van der Waals surface area contributed by atoms with E-state index < -0.39 is 18.2 Å². The van der Waals surface area contributed by atoms with Gasteiger partial charge in [0.1, 0.15) is 6.10 Å². The minimum absolute atomic E-state index is 0.0449. The number of pyridine rings is 1. The molecule has 0 aliphatic carbocycles. The molecule has 0 aliphatic heterocycles. The van der Waals surface area contributed by atoms with E-state index in [1.54, 1.807) is 6.92 Å². The molecule has 2 N–H and O–H groups in total. The second kappa shape index (κ2) is 5.53. The maximum atomic E-state index is 13.2. The van der Waals surface area contributed by atoms with Crippen LogP contribution in [0.5, 0.6) is 0 Å². The highest BCUT2D eigenvalue weighted by atomic mass is 79.9. The predicted octanol–water partition coefficient (Wildman–Crippen LogP) is 1.71. The molecule has 1 aromatic heterocycles. The summed E-state index contributed by atoms with van der Waals surface area (Å²) in [5, 5.41) is 19.7. The second-order valence-corrected chi connectivity index (χ2v) is 4.18. The fraction of sp³-hybridized carbons (Fsp3) is 0.500. The minimum Gasteiger partial charge on any atom is -0.390 e. The molecule has 0 saturated carbocycles. The van der Waals surface area contributed by atoms with Crippen LogP contribution in [0.3, 0.4) is 0 Å². The summed E-state index contributed by atoms with van der Waals surface area (Å²) in [7, 11) is 0. The number of aliphatic hydroxyl groups excluding tert-OH is 2. The van der Waals surface area contributed by atoms with Gasteiger partial charge in [-0.05, 0) is 25.0 Å². The molecule has 0 bridgehead atoms. The van der Waals surface area contributed by atoms with Crippen LogP contribution in [0.25, 0.3) is 0 Å². The molecular formula is C10H13BrFNO2. The molecule has 0 spiro atoms. The summed E-state index contributed by atoms with van der Waals surface area (Å²) in [6, 6.07) is 1.49. The topological polar surface area (TPSA) is 53.4 Å². The van der Waals surface area contributed by atoms with Crippen molar-refractivity contribution in [2.24, 2.45) is 0 Å². The molecule has 0 aromatic carbocycles. The Hall–Kier alpha value is -0.520. The monoisotopic (exact) mass is 277 g/mol. The Labute approximate surface area is 96.1 Å². The standard InChI is InChI=1S/C10H13BrFNO2/c1-6-4-7(10(12)13-5-6)9(15)8(14)2-3-11/h4-5,8-9,14-15H,2-3H2,1H3. The number of hydrogen-bond acceptors (Lipinski definition) is 3. The Morgan fingerprint density at radius 2 is 2.20 bits per heavy atom. The van der Waals surface area contributed by atoms with Crippen LogP contribution in [0.1, 0.15) is 23.7 Å². The number of alkyl halides is 1. The average molecular weight is 278 g/mol. The molecule has 84 valence electrons. The summed E-state index contributed by atoms with van der Waals surface area (Å²) in [5.41, 5.74) is 0.792. The molecule has 2 unspecified atom stereocenters. The maximum absolute atomic E-state index is 13.2. The highest BCUT2D eigenvalue weighted by Gasteiger charge is 2.21. The van der Waals surface area contributed by atoms with Crippen LogP contribution in [0.4, 0.5) is 4.39 Å². The van der Waals surface area contributed by atoms with E-state index in [0.717, 1.165) is 5.56 Å². The van der Waals surface area contributed by atoms with Gasteiger partial charge in [0.2, 0.25) is 5.95 Å². The summed E-state index contributed by atoms with van der Waals surface area (Å²) in [5.74, 6) is -0.735. The van der Waals surface area contributed by atoms with E-state index in [2.05, 4.69) is 20.9 Å². The van der Waals surface area contributed by atoms with E-state index >= 15 is 0 Å². The van der Waals surface area contributed by atoms with Crippen LogP contribution in [0, 0.1) is 12.9 Å². The first-order valence-electron chi connectivity index (χ1n) is 4.60. The molecule has 3 nitrogen and oxygen atoms in total. The van der Waals surface area contributed by atoms with E-state index in [-0.39, 0.29) is 5.56 Å². The normalized spacial score (nSPS) is 15.0. The molecule has 1 rings (SSSR count). The Kier molecular flexibility index (Phi) is 4.63. The first-order valence-corrected chi connectivity index (χ1v) is 5.72. The lowest BCUT2D eigenvalue weighted by Crippen LogP contribution is -2.20. The number of rotatable bonds is 4. The van der Waals surface area contributed by atoms with Crippen LogP contribution >= 0.6 is 15.9 Å². The number of aryl methyl sites for hydroxylation is 1. The van der Waals surface area contributed by atoms with Crippen molar-refractivity contribution >= 4 is 15.9 Å².